The molecule has 0 radical (unpaired) electrons. The van der Waals surface area contributed by atoms with Gasteiger partial charge in [0.1, 0.15) is 0 Å². The highest BCUT2D eigenvalue weighted by molar-refractivity contribution is 7.15. The molecule has 1 aliphatic heterocycles. The van der Waals surface area contributed by atoms with E-state index >= 15 is 0 Å². The molecule has 0 fully saturated rings. The van der Waals surface area contributed by atoms with E-state index in [0.717, 1.165) is 49.7 Å². The van der Waals surface area contributed by atoms with Gasteiger partial charge in [-0.15, -0.1) is 11.3 Å². The van der Waals surface area contributed by atoms with E-state index in [1.807, 2.05) is 30.2 Å². The van der Waals surface area contributed by atoms with Gasteiger partial charge in [0.25, 0.3) is 0 Å². The number of fused-ring (bicyclic) bond motifs is 1. The van der Waals surface area contributed by atoms with E-state index in [-0.39, 0.29) is 0 Å². The van der Waals surface area contributed by atoms with Crippen molar-refractivity contribution in [3.63, 3.8) is 0 Å². The Kier molecular flexibility index (Phi) is 6.81. The van der Waals surface area contributed by atoms with Crippen LogP contribution in [0.4, 0.5) is 10.8 Å². The Balaban J connectivity index is 1.23. The number of amides is 1. The zero-order valence-electron chi connectivity index (χ0n) is 20.2. The Bertz CT molecular complexity index is 1270. The van der Waals surface area contributed by atoms with Gasteiger partial charge in [-0.1, -0.05) is 18.2 Å². The normalized spacial score (nSPS) is 12.9. The highest BCUT2D eigenvalue weighted by atomic mass is 32.1. The van der Waals surface area contributed by atoms with Crippen LogP contribution < -0.4 is 9.80 Å². The molecule has 1 aliphatic rings. The maximum Gasteiger partial charge on any atom is 0.209 e. The minimum atomic E-state index is 0.705. The van der Waals surface area contributed by atoms with Crippen molar-refractivity contribution >= 4 is 28.6 Å². The summed E-state index contributed by atoms with van der Waals surface area (Å²) in [5, 5.41) is 5.38. The summed E-state index contributed by atoms with van der Waals surface area (Å²) in [4.78, 5) is 23.2. The molecule has 3 heterocycles. The van der Waals surface area contributed by atoms with Crippen LogP contribution in [0, 0.1) is 0 Å². The van der Waals surface area contributed by atoms with Gasteiger partial charge in [-0.3, -0.25) is 4.79 Å². The number of aromatic nitrogens is 3. The van der Waals surface area contributed by atoms with Crippen molar-refractivity contribution in [2.75, 3.05) is 43.5 Å². The number of carbonyl (C=O) groups is 1. The summed E-state index contributed by atoms with van der Waals surface area (Å²) in [5.41, 5.74) is 6.29. The molecular weight excluding hydrogens is 456 g/mol. The third-order valence-corrected chi connectivity index (χ3v) is 7.56. The van der Waals surface area contributed by atoms with Gasteiger partial charge < -0.3 is 14.7 Å². The number of likely N-dealkylation sites (N-methyl/N-ethyl adjacent to an activating group) is 2. The molecular formula is C27H30N6OS. The fourth-order valence-electron chi connectivity index (χ4n) is 4.35. The van der Waals surface area contributed by atoms with Crippen LogP contribution in [-0.2, 0) is 24.2 Å². The van der Waals surface area contributed by atoms with Crippen LogP contribution in [0.25, 0.3) is 5.69 Å². The zero-order valence-corrected chi connectivity index (χ0v) is 21.0. The van der Waals surface area contributed by atoms with Crippen molar-refractivity contribution in [2.45, 2.75) is 19.4 Å². The van der Waals surface area contributed by atoms with Gasteiger partial charge in [0.2, 0.25) is 6.41 Å². The lowest BCUT2D eigenvalue weighted by Crippen LogP contribution is -2.32. The summed E-state index contributed by atoms with van der Waals surface area (Å²) in [6.45, 7) is 3.36. The van der Waals surface area contributed by atoms with Gasteiger partial charge >= 0.3 is 0 Å². The second-order valence-corrected chi connectivity index (χ2v) is 10.1. The predicted molar refractivity (Wildman–Crippen MR) is 142 cm³/mol. The molecule has 4 aromatic rings. The standard InChI is InChI=1S/C27H30N6OS/c1-30(20-34)14-15-31(2)25-9-6-22-10-13-32(19-23(22)17-25)27-28-18-26(35-27)16-21-4-7-24(8-5-21)33-12-3-11-29-33/h3-9,11-12,17-18,20H,10,13-16,19H2,1-2H3. The number of rotatable bonds is 9. The number of hydrogen-bond donors (Lipinski definition) is 0. The number of hydrogen-bond acceptors (Lipinski definition) is 6. The molecule has 0 atom stereocenters. The van der Waals surface area contributed by atoms with Crippen molar-refractivity contribution < 1.29 is 4.79 Å². The lowest BCUT2D eigenvalue weighted by Gasteiger charge is -2.30. The third kappa shape index (κ3) is 5.38. The van der Waals surface area contributed by atoms with Crippen LogP contribution in [0.2, 0.25) is 0 Å². The van der Waals surface area contributed by atoms with Gasteiger partial charge in [0.15, 0.2) is 5.13 Å². The summed E-state index contributed by atoms with van der Waals surface area (Å²) < 4.78 is 1.87. The Morgan fingerprint density at radius 1 is 1.09 bits per heavy atom. The molecule has 0 unspecified atom stereocenters. The summed E-state index contributed by atoms with van der Waals surface area (Å²) in [6.07, 6.45) is 8.54. The predicted octanol–water partition coefficient (Wildman–Crippen LogP) is 4.01. The highest BCUT2D eigenvalue weighted by Crippen LogP contribution is 2.31. The fourth-order valence-corrected chi connectivity index (χ4v) is 5.32. The van der Waals surface area contributed by atoms with Gasteiger partial charge in [0.05, 0.1) is 5.69 Å². The van der Waals surface area contributed by atoms with Crippen molar-refractivity contribution in [1.82, 2.24) is 19.7 Å². The molecule has 35 heavy (non-hydrogen) atoms. The van der Waals surface area contributed by atoms with E-state index in [1.54, 1.807) is 22.4 Å². The molecule has 0 aliphatic carbocycles. The van der Waals surface area contributed by atoms with Crippen LogP contribution in [0.1, 0.15) is 21.6 Å². The van der Waals surface area contributed by atoms with Crippen LogP contribution in [0.5, 0.6) is 0 Å². The molecule has 2 aromatic heterocycles. The van der Waals surface area contributed by atoms with Gasteiger partial charge in [-0.25, -0.2) is 9.67 Å². The minimum absolute atomic E-state index is 0.705. The maximum absolute atomic E-state index is 10.9. The molecule has 8 heteroatoms. The first kappa shape index (κ1) is 23.1. The van der Waals surface area contributed by atoms with Crippen molar-refractivity contribution in [2.24, 2.45) is 0 Å². The molecule has 0 bridgehead atoms. The Morgan fingerprint density at radius 3 is 2.71 bits per heavy atom. The first-order chi connectivity index (χ1) is 17.1. The Hall–Kier alpha value is -3.65. The number of carbonyl (C=O) groups excluding carboxylic acids is 1. The van der Waals surface area contributed by atoms with Crippen LogP contribution in [0.15, 0.2) is 67.1 Å². The molecule has 7 nitrogen and oxygen atoms in total. The number of anilines is 2. The quantitative estimate of drug-likeness (QED) is 0.335. The average molecular weight is 487 g/mol. The maximum atomic E-state index is 10.9. The largest absolute Gasteiger partial charge is 0.373 e. The second kappa shape index (κ2) is 10.3. The number of thiazole rings is 1. The third-order valence-electron chi connectivity index (χ3n) is 6.51. The molecule has 0 saturated heterocycles. The van der Waals surface area contributed by atoms with E-state index in [4.69, 9.17) is 4.98 Å². The Labute approximate surface area is 210 Å². The zero-order chi connectivity index (χ0) is 24.2. The monoisotopic (exact) mass is 486 g/mol. The summed E-state index contributed by atoms with van der Waals surface area (Å²) in [5.74, 6) is 0. The first-order valence-corrected chi connectivity index (χ1v) is 12.7. The van der Waals surface area contributed by atoms with Crippen molar-refractivity contribution in [1.29, 1.82) is 0 Å². The van der Waals surface area contributed by atoms with Crippen LogP contribution in [-0.4, -0.2) is 59.8 Å². The second-order valence-electron chi connectivity index (χ2n) is 9.04. The SMILES string of the molecule is CN(C=O)CCN(C)c1ccc2c(c1)CN(c1ncc(Cc3ccc(-n4cccn4)cc3)s1)CC2. The molecule has 0 spiro atoms. The van der Waals surface area contributed by atoms with Crippen LogP contribution >= 0.6 is 11.3 Å². The smallest absolute Gasteiger partial charge is 0.209 e. The molecule has 0 N–H and O–H groups in total. The average Bonchev–Trinajstić information content (AvgIpc) is 3.60. The Morgan fingerprint density at radius 2 is 1.94 bits per heavy atom. The van der Waals surface area contributed by atoms with Gasteiger partial charge in [-0.2, -0.15) is 5.10 Å². The van der Waals surface area contributed by atoms with E-state index in [1.165, 1.54) is 27.3 Å². The summed E-state index contributed by atoms with van der Waals surface area (Å²) in [7, 11) is 3.89. The first-order valence-electron chi connectivity index (χ1n) is 11.9. The topological polar surface area (TPSA) is 57.5 Å². The number of nitrogens with zero attached hydrogens (tertiary/aromatic N) is 6. The summed E-state index contributed by atoms with van der Waals surface area (Å²) in [6, 6.07) is 17.2. The fraction of sp³-hybridized carbons (Fsp3) is 0.296. The van der Waals surface area contributed by atoms with Gasteiger partial charge in [0, 0.05) is 75.9 Å². The lowest BCUT2D eigenvalue weighted by atomic mass is 9.99. The van der Waals surface area contributed by atoms with E-state index < -0.39 is 0 Å². The van der Waals surface area contributed by atoms with Crippen molar-refractivity contribution in [3.8, 4) is 5.69 Å². The molecule has 5 rings (SSSR count). The summed E-state index contributed by atoms with van der Waals surface area (Å²) >= 11 is 1.78. The van der Waals surface area contributed by atoms with Gasteiger partial charge in [-0.05, 0) is 53.4 Å². The van der Waals surface area contributed by atoms with Crippen molar-refractivity contribution in [3.05, 3.63) is 88.7 Å². The molecule has 1 amide bonds. The molecule has 180 valence electrons. The van der Waals surface area contributed by atoms with E-state index in [0.29, 0.717) is 6.54 Å². The van der Waals surface area contributed by atoms with Crippen LogP contribution in [0.3, 0.4) is 0 Å². The van der Waals surface area contributed by atoms with E-state index in [2.05, 4.69) is 64.4 Å². The highest BCUT2D eigenvalue weighted by Gasteiger charge is 2.20. The minimum Gasteiger partial charge on any atom is -0.373 e. The molecule has 0 saturated carbocycles. The number of benzene rings is 2. The van der Waals surface area contributed by atoms with E-state index in [9.17, 15) is 4.79 Å². The molecule has 2 aromatic carbocycles. The lowest BCUT2D eigenvalue weighted by molar-refractivity contribution is -0.116.